The van der Waals surface area contributed by atoms with Gasteiger partial charge in [0, 0.05) is 38.7 Å². The van der Waals surface area contributed by atoms with Crippen molar-refractivity contribution in [2.75, 3.05) is 38.3 Å². The number of hydrogen-bond donors (Lipinski definition) is 3. The van der Waals surface area contributed by atoms with Crippen molar-refractivity contribution in [1.82, 2.24) is 19.5 Å². The summed E-state index contributed by atoms with van der Waals surface area (Å²) in [6.45, 7) is 5.27. The van der Waals surface area contributed by atoms with Gasteiger partial charge in [0.15, 0.2) is 5.13 Å². The number of nitrogens with zero attached hydrogens (tertiary/aromatic N) is 4. The number of sulfonamides is 1. The van der Waals surface area contributed by atoms with Crippen LogP contribution in [-0.4, -0.2) is 84.7 Å². The molecule has 47 heavy (non-hydrogen) atoms. The van der Waals surface area contributed by atoms with E-state index in [1.807, 2.05) is 0 Å². The maximum atomic E-state index is 13.0. The quantitative estimate of drug-likeness (QED) is 0.233. The molecule has 2 aromatic heterocycles. The molecule has 254 valence electrons. The van der Waals surface area contributed by atoms with E-state index < -0.39 is 39.7 Å². The molecule has 1 fully saturated rings. The number of carboxylic acids is 1. The predicted molar refractivity (Wildman–Crippen MR) is 168 cm³/mol. The maximum Gasteiger partial charge on any atom is 0.573 e. The molecule has 0 saturated carbocycles. The van der Waals surface area contributed by atoms with E-state index in [1.165, 1.54) is 17.3 Å². The molecule has 18 heteroatoms. The normalized spacial score (nSPS) is 16.1. The van der Waals surface area contributed by atoms with Crippen LogP contribution in [0.5, 0.6) is 5.75 Å². The summed E-state index contributed by atoms with van der Waals surface area (Å²) >= 11 is 1.02. The highest BCUT2D eigenvalue weighted by Gasteiger charge is 2.41. The molecule has 1 saturated heterocycles. The standard InChI is InChI=1S/C17H14F3N5O6S2.C12H19NO/c18-17(19,20)31-9-1-3-10(4-2-9)33(29,30)25-6-5-24(8-12(25)15(27)28)16-22-11-7-21-23-14(26)13(11)32-16;1-12(2,9-14-3)11-6-4-10(8-13)5-7-11/h1-4,7,12H,5-6,8H2,(H,23,26)(H,27,28);4-7H,8-9,13H2,1-3H3/t12-;/m1./s1. The van der Waals surface area contributed by atoms with Crippen LogP contribution in [0.25, 0.3) is 10.2 Å². The molecule has 0 bridgehead atoms. The minimum atomic E-state index is -4.94. The number of fused-ring (bicyclic) bond motifs is 1. The largest absolute Gasteiger partial charge is 0.573 e. The lowest BCUT2D eigenvalue weighted by Gasteiger charge is -2.38. The van der Waals surface area contributed by atoms with Crippen LogP contribution in [-0.2, 0) is 31.5 Å². The Morgan fingerprint density at radius 3 is 2.34 bits per heavy atom. The van der Waals surface area contributed by atoms with E-state index in [9.17, 15) is 36.3 Å². The molecule has 0 spiro atoms. The third kappa shape index (κ3) is 8.63. The first kappa shape index (κ1) is 35.7. The van der Waals surface area contributed by atoms with Crippen LogP contribution in [0.4, 0.5) is 18.3 Å². The molecule has 5 rings (SSSR count). The maximum absolute atomic E-state index is 13.0. The molecule has 0 amide bonds. The fraction of sp³-hybridized carbons (Fsp3) is 0.379. The molecule has 0 radical (unpaired) electrons. The molecule has 1 aliphatic rings. The molecule has 2 aromatic carbocycles. The van der Waals surface area contributed by atoms with Crippen molar-refractivity contribution in [3.05, 3.63) is 76.2 Å². The summed E-state index contributed by atoms with van der Waals surface area (Å²) in [5.74, 6) is -2.03. The van der Waals surface area contributed by atoms with Crippen molar-refractivity contribution in [2.45, 2.75) is 43.1 Å². The summed E-state index contributed by atoms with van der Waals surface area (Å²) in [4.78, 5) is 29.2. The molecule has 0 unspecified atom stereocenters. The van der Waals surface area contributed by atoms with Gasteiger partial charge in [0.25, 0.3) is 5.56 Å². The zero-order chi connectivity index (χ0) is 34.6. The smallest absolute Gasteiger partial charge is 0.480 e. The number of hydrogen-bond acceptors (Lipinski definition) is 11. The van der Waals surface area contributed by atoms with Crippen LogP contribution >= 0.6 is 11.3 Å². The number of aliphatic carboxylic acids is 1. The predicted octanol–water partition coefficient (Wildman–Crippen LogP) is 3.31. The second kappa shape index (κ2) is 14.3. The molecule has 4 aromatic rings. The molecular formula is C29H33F3N6O7S2. The molecule has 0 aliphatic carbocycles. The fourth-order valence-electron chi connectivity index (χ4n) is 4.82. The van der Waals surface area contributed by atoms with E-state index in [4.69, 9.17) is 10.5 Å². The van der Waals surface area contributed by atoms with Gasteiger partial charge in [-0.15, -0.1) is 13.2 Å². The monoisotopic (exact) mass is 698 g/mol. The van der Waals surface area contributed by atoms with Crippen LogP contribution in [0.1, 0.15) is 25.0 Å². The summed E-state index contributed by atoms with van der Waals surface area (Å²) < 4.78 is 73.1. The number of thiazole rings is 1. The van der Waals surface area contributed by atoms with Crippen molar-refractivity contribution in [3.63, 3.8) is 0 Å². The number of rotatable bonds is 9. The lowest BCUT2D eigenvalue weighted by Crippen LogP contribution is -2.58. The number of methoxy groups -OCH3 is 1. The van der Waals surface area contributed by atoms with Crippen LogP contribution in [0.15, 0.2) is 64.4 Å². The summed E-state index contributed by atoms with van der Waals surface area (Å²) in [5.41, 5.74) is 7.94. The lowest BCUT2D eigenvalue weighted by atomic mass is 9.85. The Hall–Kier alpha value is -4.10. The van der Waals surface area contributed by atoms with Crippen LogP contribution in [0.2, 0.25) is 0 Å². The first-order valence-electron chi connectivity index (χ1n) is 14.0. The van der Waals surface area contributed by atoms with Crippen molar-refractivity contribution in [1.29, 1.82) is 0 Å². The number of nitrogens with one attached hydrogen (secondary N) is 1. The Kier molecular flexibility index (Phi) is 10.9. The highest BCUT2D eigenvalue weighted by molar-refractivity contribution is 7.89. The SMILES string of the molecule is COCC(C)(C)c1ccc(CN)cc1.O=C(O)[C@H]1CN(c2nc3cn[nH]c(=O)c3s2)CCN1S(=O)(=O)c1ccc(OC(F)(F)F)cc1. The van der Waals surface area contributed by atoms with Crippen LogP contribution in [0, 0.1) is 0 Å². The second-order valence-electron chi connectivity index (χ2n) is 11.1. The zero-order valence-corrected chi connectivity index (χ0v) is 27.2. The number of piperazine rings is 1. The average Bonchev–Trinajstić information content (AvgIpc) is 3.46. The summed E-state index contributed by atoms with van der Waals surface area (Å²) in [7, 11) is -2.61. The minimum absolute atomic E-state index is 0.0713. The third-order valence-corrected chi connectivity index (χ3v) is 10.3. The molecule has 4 N–H and O–H groups in total. The van der Waals surface area contributed by atoms with Crippen molar-refractivity contribution >= 4 is 42.7 Å². The van der Waals surface area contributed by atoms with Gasteiger partial charge in [0.2, 0.25) is 10.0 Å². The van der Waals surface area contributed by atoms with Crippen LogP contribution in [0.3, 0.4) is 0 Å². The third-order valence-electron chi connectivity index (χ3n) is 7.23. The van der Waals surface area contributed by atoms with Crippen molar-refractivity contribution in [2.24, 2.45) is 5.73 Å². The molecule has 1 atom stereocenters. The van der Waals surface area contributed by atoms with Gasteiger partial charge in [0.1, 0.15) is 22.0 Å². The first-order chi connectivity index (χ1) is 22.1. The number of benzene rings is 2. The van der Waals surface area contributed by atoms with E-state index >= 15 is 0 Å². The van der Waals surface area contributed by atoms with Crippen molar-refractivity contribution < 1.29 is 41.0 Å². The van der Waals surface area contributed by atoms with E-state index in [2.05, 4.69) is 58.0 Å². The summed E-state index contributed by atoms with van der Waals surface area (Å²) in [6, 6.07) is 10.4. The Labute approximate surface area is 271 Å². The molecular weight excluding hydrogens is 665 g/mol. The van der Waals surface area contributed by atoms with E-state index in [0.29, 0.717) is 21.9 Å². The van der Waals surface area contributed by atoms with Gasteiger partial charge in [0.05, 0.1) is 17.7 Å². The number of anilines is 1. The Bertz CT molecular complexity index is 1850. The highest BCUT2D eigenvalue weighted by atomic mass is 32.2. The number of alkyl halides is 3. The number of nitrogens with two attached hydrogens (primary N) is 1. The fourth-order valence-corrected chi connectivity index (χ4v) is 7.35. The summed E-state index contributed by atoms with van der Waals surface area (Å²) in [6.07, 6.45) is -3.59. The minimum Gasteiger partial charge on any atom is -0.480 e. The van der Waals surface area contributed by atoms with Gasteiger partial charge in [-0.2, -0.15) is 9.40 Å². The topological polar surface area (TPSA) is 181 Å². The van der Waals surface area contributed by atoms with Gasteiger partial charge in [-0.25, -0.2) is 18.5 Å². The van der Waals surface area contributed by atoms with E-state index in [0.717, 1.165) is 46.5 Å². The highest BCUT2D eigenvalue weighted by Crippen LogP contribution is 2.31. The van der Waals surface area contributed by atoms with Crippen molar-refractivity contribution in [3.8, 4) is 5.75 Å². The van der Waals surface area contributed by atoms with Gasteiger partial charge < -0.3 is 25.2 Å². The Morgan fingerprint density at radius 1 is 1.13 bits per heavy atom. The number of aromatic nitrogens is 3. The summed E-state index contributed by atoms with van der Waals surface area (Å²) in [5, 5.41) is 15.9. The Balaban J connectivity index is 0.000000300. The first-order valence-corrected chi connectivity index (χ1v) is 16.3. The number of halogens is 3. The number of ether oxygens (including phenoxy) is 2. The molecule has 1 aliphatic heterocycles. The zero-order valence-electron chi connectivity index (χ0n) is 25.5. The second-order valence-corrected chi connectivity index (χ2v) is 13.9. The number of carboxylic acid groups (broad SMARTS) is 1. The van der Waals surface area contributed by atoms with E-state index in [1.54, 1.807) is 12.0 Å². The van der Waals surface area contributed by atoms with Gasteiger partial charge in [-0.1, -0.05) is 49.4 Å². The number of carbonyl (C=O) groups is 1. The van der Waals surface area contributed by atoms with Gasteiger partial charge >= 0.3 is 12.3 Å². The van der Waals surface area contributed by atoms with Gasteiger partial charge in [-0.05, 0) is 35.4 Å². The van der Waals surface area contributed by atoms with Crippen LogP contribution < -0.4 is 20.9 Å². The number of H-pyrrole nitrogens is 1. The molecule has 13 nitrogen and oxygen atoms in total. The average molecular weight is 699 g/mol. The number of aromatic amines is 1. The lowest BCUT2D eigenvalue weighted by molar-refractivity contribution is -0.274. The van der Waals surface area contributed by atoms with E-state index in [-0.39, 0.29) is 29.9 Å². The Morgan fingerprint density at radius 2 is 1.79 bits per heavy atom. The van der Waals surface area contributed by atoms with Gasteiger partial charge in [-0.3, -0.25) is 9.59 Å². The molecule has 3 heterocycles.